The third kappa shape index (κ3) is 4.04. The molecular formula is C21H22O12. The predicted molar refractivity (Wildman–Crippen MR) is 106 cm³/mol. The average molecular weight is 466 g/mol. The van der Waals surface area contributed by atoms with Crippen molar-refractivity contribution in [2.75, 3.05) is 6.61 Å². The van der Waals surface area contributed by atoms with E-state index in [1.807, 2.05) is 0 Å². The lowest BCUT2D eigenvalue weighted by molar-refractivity contribution is -0.311. The van der Waals surface area contributed by atoms with E-state index in [9.17, 15) is 45.6 Å². The van der Waals surface area contributed by atoms with Crippen LogP contribution in [0.25, 0.3) is 0 Å². The number of ketones is 1. The van der Waals surface area contributed by atoms with Gasteiger partial charge in [-0.05, 0) is 17.7 Å². The summed E-state index contributed by atoms with van der Waals surface area (Å²) in [6.45, 7) is -0.724. The lowest BCUT2D eigenvalue weighted by Gasteiger charge is -2.42. The van der Waals surface area contributed by atoms with Crippen molar-refractivity contribution >= 4 is 5.78 Å². The van der Waals surface area contributed by atoms with Crippen LogP contribution in [0.2, 0.25) is 0 Å². The molecule has 2 heterocycles. The molecule has 0 amide bonds. The molecule has 12 heteroatoms. The van der Waals surface area contributed by atoms with E-state index < -0.39 is 72.6 Å². The van der Waals surface area contributed by atoms with Crippen molar-refractivity contribution in [3.05, 3.63) is 41.5 Å². The lowest BCUT2D eigenvalue weighted by atomic mass is 9.92. The average Bonchev–Trinajstić information content (AvgIpc) is 2.76. The number of phenolic OH excluding ortho intramolecular Hbond substituents is 4. The standard InChI is InChI=1S/C21H22O12/c22-6-13-15(27)17(29)18(30)21(32-13)33-20-16(28)14-11(26)4-8(23)5-12(14)31-19(20)7-1-2-9(24)10(25)3-7/h1-5,13,15,17-27,29-30H,6H2/t13-,15-,17+,18-,19+,20-,21-/m1/s1. The number of aliphatic hydroxyl groups is 4. The second kappa shape index (κ2) is 8.67. The van der Waals surface area contributed by atoms with Gasteiger partial charge in [-0.3, -0.25) is 4.79 Å². The highest BCUT2D eigenvalue weighted by molar-refractivity contribution is 6.05. The molecule has 0 bridgehead atoms. The molecule has 4 rings (SSSR count). The van der Waals surface area contributed by atoms with Gasteiger partial charge in [0.25, 0.3) is 0 Å². The molecular weight excluding hydrogens is 444 g/mol. The third-order valence-electron chi connectivity index (χ3n) is 5.56. The molecule has 0 radical (unpaired) electrons. The van der Waals surface area contributed by atoms with Gasteiger partial charge < -0.3 is 55.1 Å². The Hall–Kier alpha value is -3.13. The van der Waals surface area contributed by atoms with Crippen LogP contribution in [0.4, 0.5) is 0 Å². The molecule has 0 aliphatic carbocycles. The highest BCUT2D eigenvalue weighted by Gasteiger charge is 2.49. The molecule has 12 nitrogen and oxygen atoms in total. The second-order valence-electron chi connectivity index (χ2n) is 7.74. The monoisotopic (exact) mass is 466 g/mol. The molecule has 0 aromatic heterocycles. The van der Waals surface area contributed by atoms with Crippen LogP contribution in [0, 0.1) is 0 Å². The molecule has 1 saturated heterocycles. The van der Waals surface area contributed by atoms with E-state index in [2.05, 4.69) is 0 Å². The minimum Gasteiger partial charge on any atom is -0.508 e. The van der Waals surface area contributed by atoms with Crippen LogP contribution in [0.3, 0.4) is 0 Å². The van der Waals surface area contributed by atoms with Crippen LogP contribution in [0.1, 0.15) is 22.0 Å². The summed E-state index contributed by atoms with van der Waals surface area (Å²) in [5, 5.41) is 79.2. The van der Waals surface area contributed by atoms with Crippen LogP contribution in [0.15, 0.2) is 30.3 Å². The van der Waals surface area contributed by atoms with Gasteiger partial charge in [-0.1, -0.05) is 6.07 Å². The Morgan fingerprint density at radius 3 is 2.27 bits per heavy atom. The molecule has 178 valence electrons. The number of ether oxygens (including phenoxy) is 3. The number of Topliss-reactive ketones (excluding diaryl/α,β-unsaturated/α-hetero) is 1. The predicted octanol–water partition coefficient (Wildman–Crippen LogP) is -0.990. The van der Waals surface area contributed by atoms with Gasteiger partial charge in [-0.25, -0.2) is 0 Å². The first kappa shape index (κ1) is 23.0. The van der Waals surface area contributed by atoms with Crippen LogP contribution >= 0.6 is 0 Å². The molecule has 8 N–H and O–H groups in total. The van der Waals surface area contributed by atoms with E-state index in [0.29, 0.717) is 0 Å². The number of carbonyl (C=O) groups excluding carboxylic acids is 1. The number of aliphatic hydroxyl groups excluding tert-OH is 4. The zero-order chi connectivity index (χ0) is 24.0. The van der Waals surface area contributed by atoms with Crippen molar-refractivity contribution in [3.63, 3.8) is 0 Å². The third-order valence-corrected chi connectivity index (χ3v) is 5.56. The Balaban J connectivity index is 1.75. The zero-order valence-electron chi connectivity index (χ0n) is 16.8. The van der Waals surface area contributed by atoms with E-state index in [-0.39, 0.29) is 22.6 Å². The topological polar surface area (TPSA) is 207 Å². The number of fused-ring (bicyclic) bond motifs is 1. The van der Waals surface area contributed by atoms with Crippen LogP contribution in [-0.2, 0) is 9.47 Å². The Labute approximate surface area is 186 Å². The summed E-state index contributed by atoms with van der Waals surface area (Å²) < 4.78 is 16.7. The Bertz CT molecular complexity index is 1050. The second-order valence-corrected chi connectivity index (χ2v) is 7.74. The SMILES string of the molecule is O=C1c2c(O)cc(O)cc2O[C@@H](c2ccc(O)c(O)c2)[C@@H]1O[C@H]1O[C@H](CO)[C@@H](O)[C@H](O)[C@H]1O. The number of carbonyl (C=O) groups is 1. The van der Waals surface area contributed by atoms with E-state index in [4.69, 9.17) is 14.2 Å². The first-order valence-electron chi connectivity index (χ1n) is 9.87. The molecule has 1 fully saturated rings. The summed E-state index contributed by atoms with van der Waals surface area (Å²) in [4.78, 5) is 13.3. The van der Waals surface area contributed by atoms with Gasteiger partial charge in [0.05, 0.1) is 6.61 Å². The van der Waals surface area contributed by atoms with Gasteiger partial charge in [-0.15, -0.1) is 0 Å². The normalized spacial score (nSPS) is 31.6. The number of rotatable bonds is 4. The Morgan fingerprint density at radius 1 is 0.879 bits per heavy atom. The van der Waals surface area contributed by atoms with Crippen LogP contribution in [0.5, 0.6) is 28.7 Å². The van der Waals surface area contributed by atoms with Crippen molar-refractivity contribution in [3.8, 4) is 28.7 Å². The fraction of sp³-hybridized carbons (Fsp3) is 0.381. The fourth-order valence-electron chi connectivity index (χ4n) is 3.82. The summed E-state index contributed by atoms with van der Waals surface area (Å²) in [6, 6.07) is 5.57. The van der Waals surface area contributed by atoms with Crippen LogP contribution in [-0.4, -0.2) is 90.1 Å². The summed E-state index contributed by atoms with van der Waals surface area (Å²) in [7, 11) is 0. The number of hydrogen-bond acceptors (Lipinski definition) is 12. The van der Waals surface area contributed by atoms with Gasteiger partial charge in [0.1, 0.15) is 47.2 Å². The smallest absolute Gasteiger partial charge is 0.203 e. The maximum Gasteiger partial charge on any atom is 0.203 e. The minimum atomic E-state index is -1.82. The Morgan fingerprint density at radius 2 is 1.61 bits per heavy atom. The quantitative estimate of drug-likeness (QED) is 0.256. The fourth-order valence-corrected chi connectivity index (χ4v) is 3.82. The van der Waals surface area contributed by atoms with E-state index in [1.165, 1.54) is 6.07 Å². The largest absolute Gasteiger partial charge is 0.508 e. The maximum atomic E-state index is 13.3. The number of phenols is 4. The molecule has 7 atom stereocenters. The molecule has 0 spiro atoms. The Kier molecular flexibility index (Phi) is 6.05. The van der Waals surface area contributed by atoms with Gasteiger partial charge >= 0.3 is 0 Å². The number of benzene rings is 2. The number of aromatic hydroxyl groups is 4. The van der Waals surface area contributed by atoms with E-state index in [0.717, 1.165) is 24.3 Å². The van der Waals surface area contributed by atoms with Gasteiger partial charge in [-0.2, -0.15) is 0 Å². The molecule has 2 aliphatic heterocycles. The minimum absolute atomic E-state index is 0.140. The lowest BCUT2D eigenvalue weighted by Crippen LogP contribution is -2.60. The molecule has 33 heavy (non-hydrogen) atoms. The summed E-state index contributed by atoms with van der Waals surface area (Å²) in [6.07, 6.45) is -11.2. The summed E-state index contributed by atoms with van der Waals surface area (Å²) in [5.41, 5.74) is -0.191. The molecule has 0 unspecified atom stereocenters. The highest BCUT2D eigenvalue weighted by Crippen LogP contribution is 2.44. The van der Waals surface area contributed by atoms with Gasteiger partial charge in [0.15, 0.2) is 30.0 Å². The van der Waals surface area contributed by atoms with Crippen molar-refractivity contribution in [2.24, 2.45) is 0 Å². The summed E-state index contributed by atoms with van der Waals surface area (Å²) >= 11 is 0. The molecule has 2 aliphatic rings. The highest BCUT2D eigenvalue weighted by atomic mass is 16.7. The van der Waals surface area contributed by atoms with Crippen molar-refractivity contribution in [1.29, 1.82) is 0 Å². The summed E-state index contributed by atoms with van der Waals surface area (Å²) in [5.74, 6) is -3.00. The number of hydrogen-bond donors (Lipinski definition) is 8. The van der Waals surface area contributed by atoms with Crippen molar-refractivity contribution in [1.82, 2.24) is 0 Å². The van der Waals surface area contributed by atoms with E-state index in [1.54, 1.807) is 0 Å². The molecule has 0 saturated carbocycles. The first-order chi connectivity index (χ1) is 15.6. The van der Waals surface area contributed by atoms with Gasteiger partial charge in [0, 0.05) is 12.1 Å². The van der Waals surface area contributed by atoms with E-state index >= 15 is 0 Å². The van der Waals surface area contributed by atoms with Crippen molar-refractivity contribution < 1.29 is 59.9 Å². The molecule has 2 aromatic carbocycles. The maximum absolute atomic E-state index is 13.3. The zero-order valence-corrected chi connectivity index (χ0v) is 16.8. The first-order valence-corrected chi connectivity index (χ1v) is 9.87. The van der Waals surface area contributed by atoms with Crippen molar-refractivity contribution in [2.45, 2.75) is 42.9 Å². The van der Waals surface area contributed by atoms with Gasteiger partial charge in [0.2, 0.25) is 5.78 Å². The van der Waals surface area contributed by atoms with Crippen LogP contribution < -0.4 is 4.74 Å². The molecule has 2 aromatic rings.